The van der Waals surface area contributed by atoms with Crippen molar-refractivity contribution in [1.82, 2.24) is 0 Å². The number of carboxylic acids is 1. The quantitative estimate of drug-likeness (QED) is 0.578. The van der Waals surface area contributed by atoms with Gasteiger partial charge in [-0.3, -0.25) is 0 Å². The highest BCUT2D eigenvalue weighted by Gasteiger charge is 1.98. The van der Waals surface area contributed by atoms with E-state index in [1.807, 2.05) is 6.92 Å². The number of carbonyl (C=O) groups is 1. The van der Waals surface area contributed by atoms with Crippen LogP contribution in [0.25, 0.3) is 0 Å². The molecule has 3 nitrogen and oxygen atoms in total. The number of carboxylic acid groups (broad SMARTS) is 1. The van der Waals surface area contributed by atoms with Crippen molar-refractivity contribution in [3.63, 3.8) is 0 Å². The normalized spacial score (nSPS) is 10.8. The predicted molar refractivity (Wildman–Crippen MR) is 46.1 cm³/mol. The molecule has 1 N–H and O–H groups in total. The Bertz CT molecular complexity index is 301. The first-order valence-electron chi connectivity index (χ1n) is 3.30. The summed E-state index contributed by atoms with van der Waals surface area (Å²) in [7, 11) is 0. The van der Waals surface area contributed by atoms with Crippen LogP contribution in [0, 0.1) is 6.92 Å². The highest BCUT2D eigenvalue weighted by molar-refractivity contribution is 8.02. The van der Waals surface area contributed by atoms with E-state index in [1.54, 1.807) is 12.3 Å². The fraction of sp³-hybridized carbons (Fsp3) is 0.125. The molecule has 0 bridgehead atoms. The van der Waals surface area contributed by atoms with Crippen molar-refractivity contribution in [2.75, 3.05) is 0 Å². The Morgan fingerprint density at radius 2 is 2.50 bits per heavy atom. The van der Waals surface area contributed by atoms with Crippen LogP contribution in [0.4, 0.5) is 0 Å². The first-order chi connectivity index (χ1) is 5.70. The summed E-state index contributed by atoms with van der Waals surface area (Å²) in [6.07, 6.45) is 2.67. The van der Waals surface area contributed by atoms with Crippen molar-refractivity contribution in [3.8, 4) is 0 Å². The van der Waals surface area contributed by atoms with E-state index < -0.39 is 5.97 Å². The maximum Gasteiger partial charge on any atom is 0.328 e. The summed E-state index contributed by atoms with van der Waals surface area (Å²) in [4.78, 5) is 11.0. The molecule has 4 heteroatoms. The molecule has 0 saturated carbocycles. The lowest BCUT2D eigenvalue weighted by molar-refractivity contribution is -0.131. The van der Waals surface area contributed by atoms with Crippen LogP contribution in [-0.4, -0.2) is 11.1 Å². The van der Waals surface area contributed by atoms with Crippen molar-refractivity contribution < 1.29 is 14.3 Å². The number of thioether (sulfide) groups is 1. The minimum absolute atomic E-state index is 0.801. The molecule has 64 valence electrons. The third-order valence-corrected chi connectivity index (χ3v) is 2.17. The van der Waals surface area contributed by atoms with Gasteiger partial charge in [-0.05, 0) is 18.4 Å². The van der Waals surface area contributed by atoms with Crippen LogP contribution in [0.5, 0.6) is 0 Å². The Labute approximate surface area is 74.1 Å². The van der Waals surface area contributed by atoms with Crippen molar-refractivity contribution in [2.45, 2.75) is 11.8 Å². The van der Waals surface area contributed by atoms with E-state index in [2.05, 4.69) is 0 Å². The second-order valence-corrected chi connectivity index (χ2v) is 3.05. The summed E-state index contributed by atoms with van der Waals surface area (Å²) in [6.45, 7) is 1.83. The van der Waals surface area contributed by atoms with E-state index in [0.717, 1.165) is 16.7 Å². The van der Waals surface area contributed by atoms with Crippen LogP contribution in [-0.2, 0) is 4.79 Å². The lowest BCUT2D eigenvalue weighted by Crippen LogP contribution is -1.84. The number of hydrogen-bond acceptors (Lipinski definition) is 3. The molecule has 12 heavy (non-hydrogen) atoms. The molecule has 0 amide bonds. The van der Waals surface area contributed by atoms with Gasteiger partial charge >= 0.3 is 5.97 Å². The summed E-state index contributed by atoms with van der Waals surface area (Å²) in [5.41, 5.74) is 0. The van der Waals surface area contributed by atoms with E-state index in [1.165, 1.54) is 17.2 Å². The molecular weight excluding hydrogens is 176 g/mol. The van der Waals surface area contributed by atoms with Gasteiger partial charge in [-0.15, -0.1) is 0 Å². The van der Waals surface area contributed by atoms with Gasteiger partial charge < -0.3 is 9.52 Å². The largest absolute Gasteiger partial charge is 0.478 e. The third kappa shape index (κ3) is 2.47. The molecule has 0 saturated heterocycles. The van der Waals surface area contributed by atoms with Crippen LogP contribution in [0.3, 0.4) is 0 Å². The fourth-order valence-corrected chi connectivity index (χ4v) is 1.34. The Balaban J connectivity index is 2.54. The average Bonchev–Trinajstić information content (AvgIpc) is 2.36. The van der Waals surface area contributed by atoms with Crippen LogP contribution in [0.2, 0.25) is 0 Å². The Kier molecular flexibility index (Phi) is 2.99. The minimum Gasteiger partial charge on any atom is -0.478 e. The predicted octanol–water partition coefficient (Wildman–Crippen LogP) is 2.28. The van der Waals surface area contributed by atoms with Gasteiger partial charge in [-0.1, -0.05) is 11.8 Å². The van der Waals surface area contributed by atoms with Gasteiger partial charge in [0.15, 0.2) is 0 Å². The molecule has 0 aliphatic heterocycles. The Morgan fingerprint density at radius 3 is 3.00 bits per heavy atom. The molecular formula is C8H8O3S. The van der Waals surface area contributed by atoms with E-state index in [0.29, 0.717) is 0 Å². The lowest BCUT2D eigenvalue weighted by atomic mass is 10.5. The van der Waals surface area contributed by atoms with Crippen molar-refractivity contribution in [2.24, 2.45) is 0 Å². The van der Waals surface area contributed by atoms with Gasteiger partial charge in [-0.2, -0.15) is 0 Å². The summed E-state index contributed by atoms with van der Waals surface area (Å²) < 4.78 is 5.02. The molecule has 0 radical (unpaired) electrons. The zero-order valence-electron chi connectivity index (χ0n) is 6.48. The van der Waals surface area contributed by atoms with Crippen molar-refractivity contribution in [3.05, 3.63) is 29.6 Å². The molecule has 0 aliphatic carbocycles. The Morgan fingerprint density at radius 1 is 1.75 bits per heavy atom. The lowest BCUT2D eigenvalue weighted by Gasteiger charge is -1.89. The topological polar surface area (TPSA) is 50.4 Å². The fourth-order valence-electron chi connectivity index (χ4n) is 0.661. The summed E-state index contributed by atoms with van der Waals surface area (Å²) in [5, 5.41) is 9.80. The second kappa shape index (κ2) is 4.01. The number of aliphatic carboxylic acids is 1. The molecule has 1 heterocycles. The first kappa shape index (κ1) is 8.93. The maximum atomic E-state index is 10.1. The van der Waals surface area contributed by atoms with Gasteiger partial charge in [0, 0.05) is 6.08 Å². The standard InChI is InChI=1S/C8H8O3S/c1-6-7(2-4-11-6)12-5-3-8(9)10/h2-5H,1H3,(H,9,10). The van der Waals surface area contributed by atoms with Crippen LogP contribution < -0.4 is 0 Å². The van der Waals surface area contributed by atoms with Gasteiger partial charge in [0.25, 0.3) is 0 Å². The van der Waals surface area contributed by atoms with Gasteiger partial charge in [0.1, 0.15) is 5.76 Å². The monoisotopic (exact) mass is 184 g/mol. The minimum atomic E-state index is -0.941. The van der Waals surface area contributed by atoms with Gasteiger partial charge in [0.2, 0.25) is 0 Å². The smallest absolute Gasteiger partial charge is 0.328 e. The molecule has 0 atom stereocenters. The summed E-state index contributed by atoms with van der Waals surface area (Å²) in [5.74, 6) is -0.140. The van der Waals surface area contributed by atoms with E-state index >= 15 is 0 Å². The number of rotatable bonds is 3. The zero-order chi connectivity index (χ0) is 8.97. The second-order valence-electron chi connectivity index (χ2n) is 2.10. The van der Waals surface area contributed by atoms with Gasteiger partial charge in [-0.25, -0.2) is 4.79 Å². The number of furan rings is 1. The first-order valence-corrected chi connectivity index (χ1v) is 4.18. The summed E-state index contributed by atoms with van der Waals surface area (Å²) >= 11 is 1.33. The molecule has 0 unspecified atom stereocenters. The highest BCUT2D eigenvalue weighted by atomic mass is 32.2. The summed E-state index contributed by atoms with van der Waals surface area (Å²) in [6, 6.07) is 1.80. The third-order valence-electron chi connectivity index (χ3n) is 1.22. The van der Waals surface area contributed by atoms with Crippen LogP contribution >= 0.6 is 11.8 Å². The molecule has 0 fully saturated rings. The molecule has 1 aromatic heterocycles. The van der Waals surface area contributed by atoms with Crippen molar-refractivity contribution in [1.29, 1.82) is 0 Å². The Hall–Kier alpha value is -1.16. The van der Waals surface area contributed by atoms with Crippen LogP contribution in [0.15, 0.2) is 33.1 Å². The maximum absolute atomic E-state index is 10.1. The van der Waals surface area contributed by atoms with E-state index in [9.17, 15) is 4.79 Å². The average molecular weight is 184 g/mol. The van der Waals surface area contributed by atoms with E-state index in [-0.39, 0.29) is 0 Å². The number of hydrogen-bond donors (Lipinski definition) is 1. The molecule has 1 rings (SSSR count). The highest BCUT2D eigenvalue weighted by Crippen LogP contribution is 2.23. The molecule has 0 aromatic carbocycles. The molecule has 0 aliphatic rings. The zero-order valence-corrected chi connectivity index (χ0v) is 7.30. The SMILES string of the molecule is Cc1occc1SC=CC(=O)O. The van der Waals surface area contributed by atoms with E-state index in [4.69, 9.17) is 9.52 Å². The van der Waals surface area contributed by atoms with Crippen LogP contribution in [0.1, 0.15) is 5.76 Å². The van der Waals surface area contributed by atoms with Gasteiger partial charge in [0.05, 0.1) is 11.2 Å². The van der Waals surface area contributed by atoms with Crippen molar-refractivity contribution >= 4 is 17.7 Å². The number of aryl methyl sites for hydroxylation is 1. The molecule has 0 spiro atoms. The molecule has 1 aromatic rings.